The molecule has 1 N–H and O–H groups in total. The summed E-state index contributed by atoms with van der Waals surface area (Å²) in [6.45, 7) is 9.94. The van der Waals surface area contributed by atoms with Crippen molar-refractivity contribution >= 4 is 34.3 Å². The maximum atomic E-state index is 14.0. The van der Waals surface area contributed by atoms with Crippen LogP contribution in [-0.2, 0) is 73.0 Å². The summed E-state index contributed by atoms with van der Waals surface area (Å²) in [4.78, 5) is 27.7. The van der Waals surface area contributed by atoms with Gasteiger partial charge in [-0.15, -0.1) is 0 Å². The van der Waals surface area contributed by atoms with E-state index in [2.05, 4.69) is 22.6 Å². The van der Waals surface area contributed by atoms with Crippen molar-refractivity contribution in [3.63, 3.8) is 0 Å². The van der Waals surface area contributed by atoms with Crippen LogP contribution in [0.1, 0.15) is 65.9 Å². The Hall–Kier alpha value is -1.65. The molecule has 1 aromatic carbocycles. The topological polar surface area (TPSA) is 165 Å². The minimum Gasteiger partial charge on any atom is -0.457 e. The first-order chi connectivity index (χ1) is 28.2. The van der Waals surface area contributed by atoms with E-state index < -0.39 is 115 Å². The summed E-state index contributed by atoms with van der Waals surface area (Å²) in [5, 5.41) is 11.8. The van der Waals surface area contributed by atoms with Gasteiger partial charge in [-0.2, -0.15) is 0 Å². The average Bonchev–Trinajstić information content (AvgIpc) is 3.54. The number of Topliss-reactive ketones (excluding diaryl/α,β-unsaturated/α-hetero) is 1. The first-order valence-electron chi connectivity index (χ1n) is 20.6. The molecular formula is C43H63IO15. The summed E-state index contributed by atoms with van der Waals surface area (Å²) in [7, 11) is 6.28. The minimum absolute atomic E-state index is 0.0807. The molecule has 5 heterocycles. The van der Waals surface area contributed by atoms with Crippen LogP contribution in [0.4, 0.5) is 0 Å². The van der Waals surface area contributed by atoms with Crippen LogP contribution in [0.3, 0.4) is 0 Å². The quantitative estimate of drug-likeness (QED) is 0.227. The van der Waals surface area contributed by atoms with Gasteiger partial charge >= 0.3 is 5.97 Å². The van der Waals surface area contributed by atoms with Gasteiger partial charge in [0.25, 0.3) is 0 Å². The van der Waals surface area contributed by atoms with Crippen LogP contribution in [0.25, 0.3) is 0 Å². The molecule has 5 aliphatic heterocycles. The van der Waals surface area contributed by atoms with Gasteiger partial charge in [-0.3, -0.25) is 9.59 Å². The van der Waals surface area contributed by atoms with E-state index in [0.29, 0.717) is 13.0 Å². The van der Waals surface area contributed by atoms with E-state index in [1.54, 1.807) is 38.4 Å². The lowest BCUT2D eigenvalue weighted by Crippen LogP contribution is -2.64. The molecule has 59 heavy (non-hydrogen) atoms. The molecule has 1 aromatic rings. The van der Waals surface area contributed by atoms with Crippen molar-refractivity contribution in [1.82, 2.24) is 0 Å². The largest absolute Gasteiger partial charge is 0.457 e. The highest BCUT2D eigenvalue weighted by molar-refractivity contribution is 14.1. The summed E-state index contributed by atoms with van der Waals surface area (Å²) in [5.41, 5.74) is 0.263. The second-order valence-electron chi connectivity index (χ2n) is 17.0. The lowest BCUT2D eigenvalue weighted by Gasteiger charge is -2.48. The van der Waals surface area contributed by atoms with Gasteiger partial charge in [-0.05, 0) is 29.1 Å². The number of carbonyl (C=O) groups is 2. The molecular weight excluding hydrogens is 883 g/mol. The van der Waals surface area contributed by atoms with E-state index in [0.717, 1.165) is 5.56 Å². The van der Waals surface area contributed by atoms with E-state index in [1.807, 2.05) is 58.0 Å². The molecule has 0 amide bonds. The lowest BCUT2D eigenvalue weighted by molar-refractivity contribution is -0.361. The maximum Gasteiger partial charge on any atom is 0.309 e. The van der Waals surface area contributed by atoms with E-state index >= 15 is 0 Å². The molecule has 15 nitrogen and oxygen atoms in total. The molecule has 5 fully saturated rings. The van der Waals surface area contributed by atoms with Crippen molar-refractivity contribution in [2.45, 2.75) is 159 Å². The van der Waals surface area contributed by atoms with E-state index in [1.165, 1.54) is 7.11 Å². The van der Waals surface area contributed by atoms with Crippen LogP contribution in [0.5, 0.6) is 0 Å². The molecule has 6 rings (SSSR count). The third-order valence-corrected chi connectivity index (χ3v) is 13.4. The number of hydrogen-bond acceptors (Lipinski definition) is 15. The highest BCUT2D eigenvalue weighted by Crippen LogP contribution is 2.46. The number of rotatable bonds is 12. The molecule has 0 unspecified atom stereocenters. The first kappa shape index (κ1) is 46.8. The van der Waals surface area contributed by atoms with E-state index in [-0.39, 0.29) is 31.8 Å². The minimum atomic E-state index is -2.03. The number of carbonyl (C=O) groups excluding carboxylic acids is 2. The Bertz CT molecular complexity index is 1560. The SMILES string of the molecule is CO[C@H]1[C@H](OC)[C@H](O[C@@H]2[C@@H](OC)[C@H](O[C@H]3C[C@H]4CC(=O)[C@]5(O)O[C@H](C[C@H]5C)C(C)(C)[C@@H](/C=C/I)OC(=O)C[C@H](O4)[C@@H]3C)OC[C@H]2OC)O[C@@H](C)[C@H]1OCc1ccccc1. The molecule has 0 spiro atoms. The lowest BCUT2D eigenvalue weighted by atomic mass is 9.77. The third-order valence-electron chi connectivity index (χ3n) is 13.0. The fraction of sp³-hybridized carbons (Fsp3) is 0.767. The summed E-state index contributed by atoms with van der Waals surface area (Å²) >= 11 is 2.08. The van der Waals surface area contributed by atoms with Crippen LogP contribution in [-0.4, -0.2) is 144 Å². The normalized spacial score (nSPS) is 43.1. The van der Waals surface area contributed by atoms with Crippen LogP contribution in [0, 0.1) is 17.3 Å². The number of aliphatic hydroxyl groups is 1. The molecule has 0 aromatic heterocycles. The number of methoxy groups -OCH3 is 4. The van der Waals surface area contributed by atoms with Gasteiger partial charge in [-0.25, -0.2) is 0 Å². The molecule has 4 bridgehead atoms. The number of ether oxygens (including phenoxy) is 12. The molecule has 16 heteroatoms. The van der Waals surface area contributed by atoms with Gasteiger partial charge in [0.15, 0.2) is 18.4 Å². The number of benzene rings is 1. The van der Waals surface area contributed by atoms with Gasteiger partial charge in [0, 0.05) is 58.5 Å². The molecule has 5 saturated heterocycles. The Balaban J connectivity index is 1.21. The Kier molecular flexibility index (Phi) is 16.1. The Labute approximate surface area is 361 Å². The number of halogens is 1. The van der Waals surface area contributed by atoms with Gasteiger partial charge < -0.3 is 61.9 Å². The smallest absolute Gasteiger partial charge is 0.309 e. The summed E-state index contributed by atoms with van der Waals surface area (Å²) < 4.78 is 77.0. The standard InChI is InChI=1S/C43H63IO15/c1-23-17-33-42(4,5)32(15-16-44)57-34(46)20-29-24(2)28(18-27(55-29)19-31(45)43(23,47)59-33)56-40-38(50-8)36(30(48-6)22-53-40)58-41-39(51-9)37(49-7)35(25(3)54-41)52-21-26-13-11-10-12-14-26/h10-16,23-25,27-30,32-33,35-41,47H,17-22H2,1-9H3/b16-15+/t23-,24-,25+,27+,28+,29+,30-,32-,33-,35-,36+,37-,38-,39+,40+,41+,43-/m1/s1. The molecule has 5 aliphatic rings. The van der Waals surface area contributed by atoms with Crippen LogP contribution in [0.2, 0.25) is 0 Å². The van der Waals surface area contributed by atoms with E-state index in [4.69, 9.17) is 56.8 Å². The highest BCUT2D eigenvalue weighted by atomic mass is 127. The van der Waals surface area contributed by atoms with Crippen molar-refractivity contribution in [2.24, 2.45) is 17.3 Å². The maximum absolute atomic E-state index is 14.0. The monoisotopic (exact) mass is 946 g/mol. The molecule has 332 valence electrons. The van der Waals surface area contributed by atoms with E-state index in [9.17, 15) is 14.7 Å². The molecule has 0 saturated carbocycles. The zero-order valence-corrected chi connectivity index (χ0v) is 37.7. The number of esters is 1. The fourth-order valence-electron chi connectivity index (χ4n) is 9.14. The Morgan fingerprint density at radius 3 is 2.19 bits per heavy atom. The second-order valence-corrected chi connectivity index (χ2v) is 17.8. The predicted octanol–water partition coefficient (Wildman–Crippen LogP) is 4.66. The number of fused-ring (bicyclic) bond motifs is 4. The summed E-state index contributed by atoms with van der Waals surface area (Å²) in [6.07, 6.45) is -7.10. The van der Waals surface area contributed by atoms with Crippen molar-refractivity contribution in [1.29, 1.82) is 0 Å². The van der Waals surface area contributed by atoms with Crippen molar-refractivity contribution in [2.75, 3.05) is 35.0 Å². The van der Waals surface area contributed by atoms with Gasteiger partial charge in [-0.1, -0.05) is 80.6 Å². The first-order valence-corrected chi connectivity index (χ1v) is 21.8. The van der Waals surface area contributed by atoms with Gasteiger partial charge in [0.05, 0.1) is 50.2 Å². The zero-order chi connectivity index (χ0) is 42.6. The van der Waals surface area contributed by atoms with Crippen molar-refractivity contribution in [3.05, 3.63) is 46.1 Å². The summed E-state index contributed by atoms with van der Waals surface area (Å²) in [5.74, 6) is -3.83. The third kappa shape index (κ3) is 10.1. The van der Waals surface area contributed by atoms with Crippen LogP contribution >= 0.6 is 22.6 Å². The number of hydrogen-bond donors (Lipinski definition) is 1. The predicted molar refractivity (Wildman–Crippen MR) is 219 cm³/mol. The Morgan fingerprint density at radius 2 is 1.53 bits per heavy atom. The second kappa shape index (κ2) is 20.2. The highest BCUT2D eigenvalue weighted by Gasteiger charge is 2.57. The molecule has 0 radical (unpaired) electrons. The Morgan fingerprint density at radius 1 is 0.831 bits per heavy atom. The fourth-order valence-corrected chi connectivity index (χ4v) is 9.51. The summed E-state index contributed by atoms with van der Waals surface area (Å²) in [6, 6.07) is 9.87. The van der Waals surface area contributed by atoms with Crippen LogP contribution in [0.15, 0.2) is 40.5 Å². The molecule has 17 atom stereocenters. The van der Waals surface area contributed by atoms with Crippen LogP contribution < -0.4 is 0 Å². The van der Waals surface area contributed by atoms with Gasteiger partial charge in [0.2, 0.25) is 5.79 Å². The zero-order valence-electron chi connectivity index (χ0n) is 35.6. The molecule has 0 aliphatic carbocycles. The average molecular weight is 947 g/mol. The van der Waals surface area contributed by atoms with Gasteiger partial charge in [0.1, 0.15) is 42.7 Å². The van der Waals surface area contributed by atoms with Crippen molar-refractivity contribution in [3.8, 4) is 0 Å². The van der Waals surface area contributed by atoms with Crippen molar-refractivity contribution < 1.29 is 71.5 Å². The number of cyclic esters (lactones) is 1. The number of ketones is 1.